The smallest absolute Gasteiger partial charge is 0.251 e. The normalized spacial score (nSPS) is 10.5. The van der Waals surface area contributed by atoms with Gasteiger partial charge in [0.2, 0.25) is 5.91 Å². The van der Waals surface area contributed by atoms with Crippen molar-refractivity contribution in [3.05, 3.63) is 34.9 Å². The van der Waals surface area contributed by atoms with Crippen molar-refractivity contribution in [3.63, 3.8) is 0 Å². The van der Waals surface area contributed by atoms with Crippen molar-refractivity contribution in [1.29, 1.82) is 0 Å². The second-order valence-electron chi connectivity index (χ2n) is 5.53. The van der Waals surface area contributed by atoms with Crippen LogP contribution in [0.15, 0.2) is 24.3 Å². The molecule has 0 atom stereocenters. The molecule has 1 aromatic carbocycles. The quantitative estimate of drug-likeness (QED) is 0.787. The van der Waals surface area contributed by atoms with Crippen molar-refractivity contribution in [2.45, 2.75) is 26.7 Å². The molecule has 0 spiro atoms. The number of halogens is 1. The monoisotopic (exact) mass is 310 g/mol. The van der Waals surface area contributed by atoms with Crippen LogP contribution in [-0.2, 0) is 4.79 Å². The van der Waals surface area contributed by atoms with Gasteiger partial charge in [0, 0.05) is 37.1 Å². The molecule has 0 bridgehead atoms. The Kier molecular flexibility index (Phi) is 7.23. The largest absolute Gasteiger partial charge is 0.352 e. The van der Waals surface area contributed by atoms with E-state index in [4.69, 9.17) is 11.6 Å². The third kappa shape index (κ3) is 6.63. The predicted octanol–water partition coefficient (Wildman–Crippen LogP) is 2.96. The molecule has 0 unspecified atom stereocenters. The Morgan fingerprint density at radius 2 is 1.86 bits per heavy atom. The summed E-state index contributed by atoms with van der Waals surface area (Å²) in [5, 5.41) is 3.40. The van der Waals surface area contributed by atoms with Gasteiger partial charge in [0.15, 0.2) is 0 Å². The Bertz CT molecular complexity index is 472. The summed E-state index contributed by atoms with van der Waals surface area (Å²) >= 11 is 5.77. The van der Waals surface area contributed by atoms with E-state index in [-0.39, 0.29) is 11.8 Å². The Morgan fingerprint density at radius 1 is 1.24 bits per heavy atom. The van der Waals surface area contributed by atoms with E-state index in [2.05, 4.69) is 19.2 Å². The average Bonchev–Trinajstić information content (AvgIpc) is 2.43. The van der Waals surface area contributed by atoms with Gasteiger partial charge in [0.05, 0.1) is 0 Å². The van der Waals surface area contributed by atoms with Crippen LogP contribution in [0, 0.1) is 5.92 Å². The van der Waals surface area contributed by atoms with Gasteiger partial charge in [-0.3, -0.25) is 9.59 Å². The lowest BCUT2D eigenvalue weighted by atomic mass is 10.2. The van der Waals surface area contributed by atoms with E-state index in [1.165, 1.54) is 0 Å². The Labute approximate surface area is 131 Å². The highest BCUT2D eigenvalue weighted by atomic mass is 35.5. The summed E-state index contributed by atoms with van der Waals surface area (Å²) in [4.78, 5) is 25.4. The van der Waals surface area contributed by atoms with Gasteiger partial charge < -0.3 is 10.2 Å². The van der Waals surface area contributed by atoms with E-state index in [1.54, 1.807) is 29.2 Å². The van der Waals surface area contributed by atoms with Crippen LogP contribution in [0.4, 0.5) is 0 Å². The Morgan fingerprint density at radius 3 is 2.43 bits per heavy atom. The van der Waals surface area contributed by atoms with E-state index >= 15 is 0 Å². The number of hydrogen-bond acceptors (Lipinski definition) is 2. The fraction of sp³-hybridized carbons (Fsp3) is 0.500. The van der Waals surface area contributed by atoms with Gasteiger partial charge in [-0.25, -0.2) is 0 Å². The number of rotatable bonds is 7. The summed E-state index contributed by atoms with van der Waals surface area (Å²) < 4.78 is 0. The Hall–Kier alpha value is -1.55. The van der Waals surface area contributed by atoms with Crippen LogP contribution < -0.4 is 5.32 Å². The number of nitrogens with zero attached hydrogens (tertiary/aromatic N) is 1. The summed E-state index contributed by atoms with van der Waals surface area (Å²) in [5.41, 5.74) is 0.572. The van der Waals surface area contributed by atoms with E-state index < -0.39 is 0 Å². The average molecular weight is 311 g/mol. The first kappa shape index (κ1) is 17.5. The highest BCUT2D eigenvalue weighted by Crippen LogP contribution is 2.09. The molecular weight excluding hydrogens is 288 g/mol. The van der Waals surface area contributed by atoms with Gasteiger partial charge in [-0.15, -0.1) is 0 Å². The molecule has 0 fully saturated rings. The van der Waals surface area contributed by atoms with Crippen LogP contribution >= 0.6 is 11.6 Å². The first-order valence-corrected chi connectivity index (χ1v) is 7.55. The van der Waals surface area contributed by atoms with Gasteiger partial charge >= 0.3 is 0 Å². The molecule has 0 aliphatic carbocycles. The van der Waals surface area contributed by atoms with Crippen molar-refractivity contribution >= 4 is 23.4 Å². The standard InChI is InChI=1S/C16H23ClN2O2/c1-12(2)11-19(3)15(20)5-4-10-18-16(21)13-6-8-14(17)9-7-13/h6-9,12H,4-5,10-11H2,1-3H3,(H,18,21). The third-order valence-electron chi connectivity index (χ3n) is 3.02. The van der Waals surface area contributed by atoms with Crippen molar-refractivity contribution in [2.24, 2.45) is 5.92 Å². The van der Waals surface area contributed by atoms with Gasteiger partial charge in [-0.1, -0.05) is 25.4 Å². The molecular formula is C16H23ClN2O2. The molecule has 116 valence electrons. The number of hydrogen-bond donors (Lipinski definition) is 1. The molecule has 21 heavy (non-hydrogen) atoms. The number of benzene rings is 1. The van der Waals surface area contributed by atoms with Crippen molar-refractivity contribution in [1.82, 2.24) is 10.2 Å². The number of nitrogens with one attached hydrogen (secondary N) is 1. The fourth-order valence-electron chi connectivity index (χ4n) is 1.99. The van der Waals surface area contributed by atoms with Gasteiger partial charge in [0.1, 0.15) is 0 Å². The fourth-order valence-corrected chi connectivity index (χ4v) is 2.11. The minimum absolute atomic E-state index is 0.115. The minimum Gasteiger partial charge on any atom is -0.352 e. The molecule has 0 radical (unpaired) electrons. The van der Waals surface area contributed by atoms with Gasteiger partial charge in [-0.05, 0) is 36.6 Å². The molecule has 0 saturated heterocycles. The highest BCUT2D eigenvalue weighted by molar-refractivity contribution is 6.30. The van der Waals surface area contributed by atoms with E-state index in [9.17, 15) is 9.59 Å². The van der Waals surface area contributed by atoms with Crippen LogP contribution in [0.3, 0.4) is 0 Å². The first-order valence-electron chi connectivity index (χ1n) is 7.18. The lowest BCUT2D eigenvalue weighted by Gasteiger charge is -2.19. The van der Waals surface area contributed by atoms with Crippen molar-refractivity contribution in [3.8, 4) is 0 Å². The molecule has 0 aliphatic heterocycles. The summed E-state index contributed by atoms with van der Waals surface area (Å²) in [6.07, 6.45) is 1.09. The predicted molar refractivity (Wildman–Crippen MR) is 85.5 cm³/mol. The number of carbonyl (C=O) groups excluding carboxylic acids is 2. The molecule has 0 aromatic heterocycles. The molecule has 1 rings (SSSR count). The van der Waals surface area contributed by atoms with Crippen LogP contribution in [0.25, 0.3) is 0 Å². The second-order valence-corrected chi connectivity index (χ2v) is 5.97. The van der Waals surface area contributed by atoms with Crippen LogP contribution in [-0.4, -0.2) is 36.9 Å². The molecule has 5 heteroatoms. The van der Waals surface area contributed by atoms with E-state index in [0.717, 1.165) is 6.54 Å². The maximum Gasteiger partial charge on any atom is 0.251 e. The first-order chi connectivity index (χ1) is 9.90. The maximum atomic E-state index is 11.8. The lowest BCUT2D eigenvalue weighted by Crippen LogP contribution is -2.31. The van der Waals surface area contributed by atoms with E-state index in [0.29, 0.717) is 35.9 Å². The van der Waals surface area contributed by atoms with Crippen molar-refractivity contribution < 1.29 is 9.59 Å². The maximum absolute atomic E-state index is 11.8. The summed E-state index contributed by atoms with van der Waals surface area (Å²) in [5.74, 6) is 0.433. The number of carbonyl (C=O) groups is 2. The minimum atomic E-state index is -0.144. The molecule has 0 saturated carbocycles. The Balaban J connectivity index is 2.26. The summed E-state index contributed by atoms with van der Waals surface area (Å²) in [6.45, 7) is 5.41. The van der Waals surface area contributed by atoms with Gasteiger partial charge in [-0.2, -0.15) is 0 Å². The topological polar surface area (TPSA) is 49.4 Å². The molecule has 2 amide bonds. The molecule has 1 aromatic rings. The second kappa shape index (κ2) is 8.67. The highest BCUT2D eigenvalue weighted by Gasteiger charge is 2.10. The molecule has 0 aliphatic rings. The lowest BCUT2D eigenvalue weighted by molar-refractivity contribution is -0.130. The van der Waals surface area contributed by atoms with Crippen LogP contribution in [0.2, 0.25) is 5.02 Å². The zero-order valence-electron chi connectivity index (χ0n) is 12.9. The van der Waals surface area contributed by atoms with E-state index in [1.807, 2.05) is 7.05 Å². The van der Waals surface area contributed by atoms with Gasteiger partial charge in [0.25, 0.3) is 5.91 Å². The number of amides is 2. The van der Waals surface area contributed by atoms with Crippen LogP contribution in [0.5, 0.6) is 0 Å². The third-order valence-corrected chi connectivity index (χ3v) is 3.28. The molecule has 0 heterocycles. The summed E-state index contributed by atoms with van der Waals surface area (Å²) in [6, 6.07) is 6.72. The SMILES string of the molecule is CC(C)CN(C)C(=O)CCCNC(=O)c1ccc(Cl)cc1. The van der Waals surface area contributed by atoms with Crippen LogP contribution in [0.1, 0.15) is 37.0 Å². The van der Waals surface area contributed by atoms with Crippen molar-refractivity contribution in [2.75, 3.05) is 20.1 Å². The zero-order valence-corrected chi connectivity index (χ0v) is 13.6. The molecule has 4 nitrogen and oxygen atoms in total. The summed E-state index contributed by atoms with van der Waals surface area (Å²) in [7, 11) is 1.81. The molecule has 1 N–H and O–H groups in total. The zero-order chi connectivity index (χ0) is 15.8.